The summed E-state index contributed by atoms with van der Waals surface area (Å²) in [7, 11) is 0. The van der Waals surface area contributed by atoms with Gasteiger partial charge in [0.15, 0.2) is 0 Å². The Morgan fingerprint density at radius 3 is 2.02 bits per heavy atom. The van der Waals surface area contributed by atoms with Crippen LogP contribution in [0.4, 0.5) is 0 Å². The third kappa shape index (κ3) is 7.34. The van der Waals surface area contributed by atoms with Gasteiger partial charge >= 0.3 is 5.97 Å². The number of carboxylic acid groups (broad SMARTS) is 1. The molecule has 3 aromatic carbocycles. The van der Waals surface area contributed by atoms with Crippen molar-refractivity contribution in [1.29, 1.82) is 0 Å². The predicted octanol–water partition coefficient (Wildman–Crippen LogP) is 6.30. The normalized spacial score (nSPS) is 12.6. The van der Waals surface area contributed by atoms with E-state index in [0.29, 0.717) is 17.3 Å². The quantitative estimate of drug-likeness (QED) is 0.269. The molecule has 1 heterocycles. The molecule has 1 atom stereocenters. The van der Waals surface area contributed by atoms with E-state index in [1.54, 1.807) is 36.4 Å². The largest absolute Gasteiger partial charge is 0.488 e. The SMILES string of the molecule is CC(C)(C)Oc1ccc(-c2nc(-c3ccc(CC(NC(=O)c4ccc(C(C)(C)C)cc4)C(=O)O)cc3)no2)cc1. The van der Waals surface area contributed by atoms with Crippen LogP contribution in [0.1, 0.15) is 63.0 Å². The number of carbonyl (C=O) groups is 2. The molecule has 0 spiro atoms. The van der Waals surface area contributed by atoms with Crippen LogP contribution in [0.25, 0.3) is 22.8 Å². The number of carbonyl (C=O) groups excluding carboxylic acids is 1. The molecule has 40 heavy (non-hydrogen) atoms. The first-order valence-electron chi connectivity index (χ1n) is 13.2. The number of aliphatic carboxylic acids is 1. The number of amides is 1. The highest BCUT2D eigenvalue weighted by atomic mass is 16.5. The summed E-state index contributed by atoms with van der Waals surface area (Å²) in [4.78, 5) is 29.2. The van der Waals surface area contributed by atoms with Crippen LogP contribution in [-0.2, 0) is 16.6 Å². The number of benzene rings is 3. The van der Waals surface area contributed by atoms with Gasteiger partial charge < -0.3 is 19.7 Å². The third-order valence-corrected chi connectivity index (χ3v) is 6.22. The number of carboxylic acids is 1. The first-order valence-corrected chi connectivity index (χ1v) is 13.2. The summed E-state index contributed by atoms with van der Waals surface area (Å²) in [5.41, 5.74) is 3.42. The van der Waals surface area contributed by atoms with Crippen LogP contribution in [0.15, 0.2) is 77.3 Å². The summed E-state index contributed by atoms with van der Waals surface area (Å²) < 4.78 is 11.3. The number of nitrogens with zero attached hydrogens (tertiary/aromatic N) is 2. The van der Waals surface area contributed by atoms with E-state index in [2.05, 4.69) is 36.2 Å². The van der Waals surface area contributed by atoms with Gasteiger partial charge in [0, 0.05) is 23.1 Å². The Morgan fingerprint density at radius 1 is 0.875 bits per heavy atom. The van der Waals surface area contributed by atoms with Crippen LogP contribution in [0.5, 0.6) is 5.75 Å². The maximum atomic E-state index is 12.7. The van der Waals surface area contributed by atoms with Gasteiger partial charge in [-0.2, -0.15) is 4.98 Å². The first kappa shape index (κ1) is 28.5. The molecule has 4 aromatic rings. The summed E-state index contributed by atoms with van der Waals surface area (Å²) in [6.07, 6.45) is 0.127. The van der Waals surface area contributed by atoms with Crippen LogP contribution in [0, 0.1) is 0 Å². The summed E-state index contributed by atoms with van der Waals surface area (Å²) in [5.74, 6) is 0.0112. The highest BCUT2D eigenvalue weighted by molar-refractivity contribution is 5.96. The molecule has 0 aliphatic heterocycles. The van der Waals surface area contributed by atoms with Crippen molar-refractivity contribution < 1.29 is 24.0 Å². The average molecular weight is 542 g/mol. The molecule has 4 rings (SSSR count). The monoisotopic (exact) mass is 541 g/mol. The second-order valence-electron chi connectivity index (χ2n) is 11.8. The average Bonchev–Trinajstić information content (AvgIpc) is 3.38. The molecular weight excluding hydrogens is 506 g/mol. The van der Waals surface area contributed by atoms with Gasteiger partial charge in [-0.1, -0.05) is 62.3 Å². The maximum Gasteiger partial charge on any atom is 0.326 e. The second-order valence-corrected chi connectivity index (χ2v) is 11.8. The molecule has 1 amide bonds. The van der Waals surface area contributed by atoms with E-state index >= 15 is 0 Å². The molecule has 8 heteroatoms. The molecule has 0 saturated carbocycles. The van der Waals surface area contributed by atoms with E-state index in [-0.39, 0.29) is 17.4 Å². The van der Waals surface area contributed by atoms with Crippen LogP contribution >= 0.6 is 0 Å². The maximum absolute atomic E-state index is 12.7. The van der Waals surface area contributed by atoms with E-state index in [1.807, 2.05) is 57.2 Å². The lowest BCUT2D eigenvalue weighted by Crippen LogP contribution is -2.42. The zero-order valence-corrected chi connectivity index (χ0v) is 23.7. The highest BCUT2D eigenvalue weighted by Crippen LogP contribution is 2.26. The summed E-state index contributed by atoms with van der Waals surface area (Å²) in [5, 5.41) is 16.5. The van der Waals surface area contributed by atoms with Crippen molar-refractivity contribution in [3.8, 4) is 28.6 Å². The zero-order chi connectivity index (χ0) is 29.1. The minimum Gasteiger partial charge on any atom is -0.488 e. The van der Waals surface area contributed by atoms with Crippen molar-refractivity contribution in [3.05, 3.63) is 89.5 Å². The second kappa shape index (κ2) is 11.3. The van der Waals surface area contributed by atoms with Crippen molar-refractivity contribution in [2.75, 3.05) is 0 Å². The molecule has 8 nitrogen and oxygen atoms in total. The number of ether oxygens (including phenoxy) is 1. The van der Waals surface area contributed by atoms with Crippen molar-refractivity contribution in [3.63, 3.8) is 0 Å². The highest BCUT2D eigenvalue weighted by Gasteiger charge is 2.22. The summed E-state index contributed by atoms with van der Waals surface area (Å²) in [6.45, 7) is 12.2. The number of rotatable bonds is 8. The minimum atomic E-state index is -1.11. The van der Waals surface area contributed by atoms with Gasteiger partial charge in [0.2, 0.25) is 5.82 Å². The fourth-order valence-electron chi connectivity index (χ4n) is 4.07. The Hall–Kier alpha value is -4.46. The molecule has 2 N–H and O–H groups in total. The fourth-order valence-corrected chi connectivity index (χ4v) is 4.07. The van der Waals surface area contributed by atoms with Crippen molar-refractivity contribution in [2.45, 2.75) is 65.0 Å². The van der Waals surface area contributed by atoms with Crippen LogP contribution in [0.2, 0.25) is 0 Å². The van der Waals surface area contributed by atoms with Gasteiger partial charge in [-0.15, -0.1) is 0 Å². The van der Waals surface area contributed by atoms with Gasteiger partial charge in [0.1, 0.15) is 17.4 Å². The Morgan fingerprint density at radius 2 is 1.48 bits per heavy atom. The summed E-state index contributed by atoms with van der Waals surface area (Å²) in [6, 6.07) is 20.8. The Balaban J connectivity index is 1.41. The Bertz CT molecular complexity index is 1460. The third-order valence-electron chi connectivity index (χ3n) is 6.22. The van der Waals surface area contributed by atoms with Crippen molar-refractivity contribution >= 4 is 11.9 Å². The zero-order valence-electron chi connectivity index (χ0n) is 23.7. The molecule has 0 aliphatic carbocycles. The van der Waals surface area contributed by atoms with Crippen LogP contribution in [0.3, 0.4) is 0 Å². The van der Waals surface area contributed by atoms with Crippen LogP contribution < -0.4 is 10.1 Å². The number of aromatic nitrogens is 2. The Labute approximate surface area is 234 Å². The minimum absolute atomic E-state index is 0.0409. The molecule has 0 radical (unpaired) electrons. The van der Waals surface area contributed by atoms with Gasteiger partial charge in [-0.25, -0.2) is 4.79 Å². The fraction of sp³-hybridized carbons (Fsp3) is 0.312. The van der Waals surface area contributed by atoms with E-state index in [4.69, 9.17) is 9.26 Å². The standard InChI is InChI=1S/C32H35N3O5/c1-31(2,3)24-15-11-22(12-16-24)28(36)33-26(30(37)38)19-20-7-9-21(10-8-20)27-34-29(40-35-27)23-13-17-25(18-14-23)39-32(4,5)6/h7-18,26H,19H2,1-6H3,(H,33,36)(H,37,38). The van der Waals surface area contributed by atoms with Crippen molar-refractivity contribution in [2.24, 2.45) is 0 Å². The Kier molecular flexibility index (Phi) is 8.09. The number of nitrogens with one attached hydrogen (secondary N) is 1. The molecule has 208 valence electrons. The van der Waals surface area contributed by atoms with E-state index in [9.17, 15) is 14.7 Å². The molecule has 0 fully saturated rings. The lowest BCUT2D eigenvalue weighted by molar-refractivity contribution is -0.139. The molecule has 0 saturated heterocycles. The van der Waals surface area contributed by atoms with Crippen LogP contribution in [-0.4, -0.2) is 38.8 Å². The summed E-state index contributed by atoms with van der Waals surface area (Å²) >= 11 is 0. The smallest absolute Gasteiger partial charge is 0.326 e. The topological polar surface area (TPSA) is 115 Å². The molecule has 1 aromatic heterocycles. The molecule has 0 aliphatic rings. The van der Waals surface area contributed by atoms with Gasteiger partial charge in [0.25, 0.3) is 11.8 Å². The lowest BCUT2D eigenvalue weighted by atomic mass is 9.86. The molecule has 0 bridgehead atoms. The van der Waals surface area contributed by atoms with Gasteiger partial charge in [-0.05, 0) is 73.7 Å². The van der Waals surface area contributed by atoms with E-state index < -0.39 is 17.9 Å². The predicted molar refractivity (Wildman–Crippen MR) is 153 cm³/mol. The van der Waals surface area contributed by atoms with Crippen molar-refractivity contribution in [1.82, 2.24) is 15.5 Å². The van der Waals surface area contributed by atoms with E-state index in [0.717, 1.165) is 28.0 Å². The van der Waals surface area contributed by atoms with Gasteiger partial charge in [-0.3, -0.25) is 4.79 Å². The number of hydrogen-bond donors (Lipinski definition) is 2. The molecular formula is C32H35N3O5. The first-order chi connectivity index (χ1) is 18.8. The van der Waals surface area contributed by atoms with Gasteiger partial charge in [0.05, 0.1) is 0 Å². The lowest BCUT2D eigenvalue weighted by Gasteiger charge is -2.21. The van der Waals surface area contributed by atoms with E-state index in [1.165, 1.54) is 0 Å². The molecule has 1 unspecified atom stereocenters. The number of hydrogen-bond acceptors (Lipinski definition) is 6.